The van der Waals surface area contributed by atoms with Crippen LogP contribution < -0.4 is 20.7 Å². The molecule has 1 aliphatic heterocycles. The van der Waals surface area contributed by atoms with Gasteiger partial charge in [-0.05, 0) is 63.1 Å². The lowest BCUT2D eigenvalue weighted by Gasteiger charge is -2.23. The molecule has 1 saturated heterocycles. The van der Waals surface area contributed by atoms with Crippen LogP contribution in [0.3, 0.4) is 0 Å². The number of aryl methyl sites for hydroxylation is 2. The van der Waals surface area contributed by atoms with Gasteiger partial charge in [-0.1, -0.05) is 29.4 Å². The van der Waals surface area contributed by atoms with Gasteiger partial charge in [0.2, 0.25) is 11.8 Å². The van der Waals surface area contributed by atoms with Crippen LogP contribution in [0.4, 0.5) is 11.6 Å². The highest BCUT2D eigenvalue weighted by Crippen LogP contribution is 2.38. The number of ether oxygens (including phenoxy) is 1. The molecule has 4 heterocycles. The highest BCUT2D eigenvalue weighted by Gasteiger charge is 2.17. The Morgan fingerprint density at radius 1 is 1.03 bits per heavy atom. The fraction of sp³-hybridized carbons (Fsp3) is 0.267. The van der Waals surface area contributed by atoms with E-state index in [1.54, 1.807) is 12.4 Å². The van der Waals surface area contributed by atoms with Crippen molar-refractivity contribution in [2.24, 2.45) is 0 Å². The molecular formula is C30H31N7O2. The molecule has 1 aliphatic rings. The first-order valence-electron chi connectivity index (χ1n) is 13.3. The zero-order valence-corrected chi connectivity index (χ0v) is 22.1. The summed E-state index contributed by atoms with van der Waals surface area (Å²) < 4.78 is 11.8. The highest BCUT2D eigenvalue weighted by atomic mass is 16.5. The normalized spacial score (nSPS) is 15.3. The topological polar surface area (TPSA) is 110 Å². The average molecular weight is 522 g/mol. The predicted molar refractivity (Wildman–Crippen MR) is 152 cm³/mol. The fourth-order valence-corrected chi connectivity index (χ4v) is 4.92. The molecule has 2 aromatic carbocycles. The Bertz CT molecular complexity index is 1590. The summed E-state index contributed by atoms with van der Waals surface area (Å²) in [6, 6.07) is 18.3. The number of anilines is 2. The average Bonchev–Trinajstić information content (AvgIpc) is 3.39. The predicted octanol–water partition coefficient (Wildman–Crippen LogP) is 5.86. The SMILES string of the molecule is Cc1cc(CNc2cccc3c(Oc4ncccc4-c4ccnc(NC5CCCNC5)n4)c(C)ccc23)no1. The van der Waals surface area contributed by atoms with Gasteiger partial charge in [0, 0.05) is 47.5 Å². The van der Waals surface area contributed by atoms with E-state index in [2.05, 4.69) is 55.3 Å². The van der Waals surface area contributed by atoms with Crippen LogP contribution in [0, 0.1) is 13.8 Å². The smallest absolute Gasteiger partial charge is 0.228 e. The molecule has 0 bridgehead atoms. The van der Waals surface area contributed by atoms with Crippen LogP contribution in [-0.2, 0) is 6.54 Å². The lowest BCUT2D eigenvalue weighted by Crippen LogP contribution is -2.38. The molecule has 0 saturated carbocycles. The summed E-state index contributed by atoms with van der Waals surface area (Å²) in [5, 5.41) is 16.5. The maximum Gasteiger partial charge on any atom is 0.228 e. The number of hydrogen-bond acceptors (Lipinski definition) is 9. The molecule has 9 nitrogen and oxygen atoms in total. The minimum absolute atomic E-state index is 0.313. The number of piperidine rings is 1. The third kappa shape index (κ3) is 5.53. The van der Waals surface area contributed by atoms with Gasteiger partial charge in [0.25, 0.3) is 0 Å². The largest absolute Gasteiger partial charge is 0.437 e. The van der Waals surface area contributed by atoms with Crippen LogP contribution in [-0.4, -0.2) is 39.2 Å². The van der Waals surface area contributed by atoms with Gasteiger partial charge >= 0.3 is 0 Å². The molecule has 6 rings (SSSR count). The van der Waals surface area contributed by atoms with E-state index < -0.39 is 0 Å². The Hall–Kier alpha value is -4.50. The fourth-order valence-electron chi connectivity index (χ4n) is 4.92. The van der Waals surface area contributed by atoms with Gasteiger partial charge in [0.1, 0.15) is 17.2 Å². The van der Waals surface area contributed by atoms with Crippen molar-refractivity contribution < 1.29 is 9.26 Å². The van der Waals surface area contributed by atoms with E-state index in [0.717, 1.165) is 76.4 Å². The van der Waals surface area contributed by atoms with Crippen molar-refractivity contribution in [3.63, 3.8) is 0 Å². The van der Waals surface area contributed by atoms with Gasteiger partial charge in [-0.2, -0.15) is 0 Å². The molecule has 1 unspecified atom stereocenters. The van der Waals surface area contributed by atoms with Gasteiger partial charge in [0.05, 0.1) is 17.8 Å². The van der Waals surface area contributed by atoms with E-state index in [4.69, 9.17) is 14.2 Å². The van der Waals surface area contributed by atoms with E-state index in [1.807, 2.05) is 44.2 Å². The zero-order chi connectivity index (χ0) is 26.6. The standard InChI is InChI=1S/C30H31N7O2/c1-19-10-11-23-24(7-3-9-26(23)34-18-22-16-20(2)39-37-22)28(19)38-29-25(8-5-14-32-29)27-12-15-33-30(36-27)35-21-6-4-13-31-17-21/h3,5,7-12,14-16,21,31,34H,4,6,13,17-18H2,1-2H3,(H,33,35,36). The minimum atomic E-state index is 0.313. The maximum atomic E-state index is 6.56. The molecular weight excluding hydrogens is 490 g/mol. The molecule has 0 spiro atoms. The van der Waals surface area contributed by atoms with Crippen LogP contribution in [0.1, 0.15) is 29.9 Å². The van der Waals surface area contributed by atoms with Crippen molar-refractivity contribution in [2.75, 3.05) is 23.7 Å². The molecule has 5 aromatic rings. The summed E-state index contributed by atoms with van der Waals surface area (Å²) in [5.41, 5.74) is 4.41. The van der Waals surface area contributed by atoms with E-state index in [-0.39, 0.29) is 0 Å². The molecule has 39 heavy (non-hydrogen) atoms. The number of rotatable bonds is 8. The number of hydrogen-bond donors (Lipinski definition) is 3. The second-order valence-corrected chi connectivity index (χ2v) is 9.81. The summed E-state index contributed by atoms with van der Waals surface area (Å²) in [7, 11) is 0. The van der Waals surface area contributed by atoms with Crippen molar-refractivity contribution in [3.8, 4) is 22.9 Å². The van der Waals surface area contributed by atoms with Crippen molar-refractivity contribution in [3.05, 3.63) is 84.0 Å². The van der Waals surface area contributed by atoms with Gasteiger partial charge in [0.15, 0.2) is 0 Å². The van der Waals surface area contributed by atoms with Crippen molar-refractivity contribution in [1.82, 2.24) is 25.4 Å². The summed E-state index contributed by atoms with van der Waals surface area (Å²) >= 11 is 0. The molecule has 1 atom stereocenters. The van der Waals surface area contributed by atoms with Gasteiger partial charge in [-0.15, -0.1) is 0 Å². The first-order chi connectivity index (χ1) is 19.1. The lowest BCUT2D eigenvalue weighted by atomic mass is 10.0. The molecule has 198 valence electrons. The van der Waals surface area contributed by atoms with Crippen molar-refractivity contribution in [2.45, 2.75) is 39.3 Å². The van der Waals surface area contributed by atoms with E-state index in [0.29, 0.717) is 24.4 Å². The minimum Gasteiger partial charge on any atom is -0.437 e. The summed E-state index contributed by atoms with van der Waals surface area (Å²) in [5.74, 6) is 2.65. The van der Waals surface area contributed by atoms with Crippen LogP contribution in [0.15, 0.2) is 71.5 Å². The summed E-state index contributed by atoms with van der Waals surface area (Å²) in [4.78, 5) is 13.8. The maximum absolute atomic E-state index is 6.56. The highest BCUT2D eigenvalue weighted by molar-refractivity contribution is 5.98. The molecule has 0 radical (unpaired) electrons. The molecule has 3 N–H and O–H groups in total. The third-order valence-electron chi connectivity index (χ3n) is 6.88. The molecule has 1 fully saturated rings. The molecule has 9 heteroatoms. The lowest BCUT2D eigenvalue weighted by molar-refractivity contribution is 0.391. The first kappa shape index (κ1) is 24.8. The summed E-state index contributed by atoms with van der Waals surface area (Å²) in [6.07, 6.45) is 5.74. The van der Waals surface area contributed by atoms with E-state index in [9.17, 15) is 0 Å². The first-order valence-corrected chi connectivity index (χ1v) is 13.3. The number of nitrogens with zero attached hydrogens (tertiary/aromatic N) is 4. The van der Waals surface area contributed by atoms with Gasteiger partial charge in [-0.3, -0.25) is 0 Å². The molecule has 0 aliphatic carbocycles. The van der Waals surface area contributed by atoms with Crippen LogP contribution >= 0.6 is 0 Å². The van der Waals surface area contributed by atoms with E-state index >= 15 is 0 Å². The Kier molecular flexibility index (Phi) is 7.05. The monoisotopic (exact) mass is 521 g/mol. The van der Waals surface area contributed by atoms with Crippen molar-refractivity contribution >= 4 is 22.4 Å². The summed E-state index contributed by atoms with van der Waals surface area (Å²) in [6.45, 7) is 6.46. The van der Waals surface area contributed by atoms with Crippen LogP contribution in [0.5, 0.6) is 11.6 Å². The number of pyridine rings is 1. The molecule has 3 aromatic heterocycles. The van der Waals surface area contributed by atoms with Gasteiger partial charge in [-0.25, -0.2) is 15.0 Å². The van der Waals surface area contributed by atoms with Crippen molar-refractivity contribution in [1.29, 1.82) is 0 Å². The second kappa shape index (κ2) is 11.1. The van der Waals surface area contributed by atoms with Gasteiger partial charge < -0.3 is 25.2 Å². The number of nitrogens with one attached hydrogen (secondary N) is 3. The third-order valence-corrected chi connectivity index (χ3v) is 6.88. The number of benzene rings is 2. The van der Waals surface area contributed by atoms with Crippen LogP contribution in [0.2, 0.25) is 0 Å². The quantitative estimate of drug-likeness (QED) is 0.231. The van der Waals surface area contributed by atoms with Crippen LogP contribution in [0.25, 0.3) is 22.0 Å². The Balaban J connectivity index is 1.30. The van der Waals surface area contributed by atoms with E-state index in [1.165, 1.54) is 0 Å². The number of fused-ring (bicyclic) bond motifs is 1. The zero-order valence-electron chi connectivity index (χ0n) is 22.1. The number of aromatic nitrogens is 4. The Morgan fingerprint density at radius 3 is 2.82 bits per heavy atom. The Morgan fingerprint density at radius 2 is 1.97 bits per heavy atom. The molecule has 0 amide bonds. The Labute approximate surface area is 227 Å². The second-order valence-electron chi connectivity index (χ2n) is 9.81.